The third kappa shape index (κ3) is 4.54. The number of aliphatic hydroxyl groups is 1. The zero-order valence-corrected chi connectivity index (χ0v) is 17.6. The van der Waals surface area contributed by atoms with E-state index in [0.717, 1.165) is 12.1 Å². The van der Waals surface area contributed by atoms with Gasteiger partial charge in [-0.2, -0.15) is 0 Å². The average Bonchev–Trinajstić information content (AvgIpc) is 2.98. The maximum atomic E-state index is 13.3. The van der Waals surface area contributed by atoms with Crippen molar-refractivity contribution in [3.05, 3.63) is 65.0 Å². The molecule has 2 aromatic rings. The first kappa shape index (κ1) is 22.3. The molecule has 1 aliphatic heterocycles. The predicted molar refractivity (Wildman–Crippen MR) is 113 cm³/mol. The smallest absolute Gasteiger partial charge is 0.295 e. The van der Waals surface area contributed by atoms with Gasteiger partial charge in [0.2, 0.25) is 0 Å². The van der Waals surface area contributed by atoms with Gasteiger partial charge in [-0.05, 0) is 69.0 Å². The molecule has 31 heavy (non-hydrogen) atoms. The van der Waals surface area contributed by atoms with Crippen molar-refractivity contribution >= 4 is 17.4 Å². The van der Waals surface area contributed by atoms with Gasteiger partial charge in [0.05, 0.1) is 18.7 Å². The first-order valence-electron chi connectivity index (χ1n) is 9.80. The lowest BCUT2D eigenvalue weighted by Crippen LogP contribution is -2.32. The van der Waals surface area contributed by atoms with E-state index in [4.69, 9.17) is 4.74 Å². The van der Waals surface area contributed by atoms with Gasteiger partial charge in [-0.3, -0.25) is 9.59 Å². The van der Waals surface area contributed by atoms with Gasteiger partial charge in [-0.25, -0.2) is 4.39 Å². The van der Waals surface area contributed by atoms with Crippen molar-refractivity contribution in [2.45, 2.75) is 12.5 Å². The molecular weight excluding hydrogens is 403 g/mol. The van der Waals surface area contributed by atoms with E-state index in [1.165, 1.54) is 36.3 Å². The molecule has 7 nitrogen and oxygen atoms in total. The van der Waals surface area contributed by atoms with Gasteiger partial charge in [0.1, 0.15) is 11.6 Å². The van der Waals surface area contributed by atoms with Crippen LogP contribution in [0.2, 0.25) is 0 Å². The highest BCUT2D eigenvalue weighted by Crippen LogP contribution is 2.41. The molecular formula is C23H25FN2O5. The van der Waals surface area contributed by atoms with Gasteiger partial charge in [-0.15, -0.1) is 0 Å². The molecule has 1 amide bonds. The predicted octanol–water partition coefficient (Wildman–Crippen LogP) is 2.91. The molecule has 1 saturated heterocycles. The first-order valence-corrected chi connectivity index (χ1v) is 9.80. The maximum absolute atomic E-state index is 13.3. The second kappa shape index (κ2) is 9.18. The SMILES string of the molecule is COc1ccc(C2/C(=C(/O)c3ccc(F)cc3)C(=O)C(=O)N2CCCN(C)C)cc1O. The van der Waals surface area contributed by atoms with Crippen LogP contribution in [-0.4, -0.2) is 66.0 Å². The van der Waals surface area contributed by atoms with Crippen LogP contribution in [0.4, 0.5) is 4.39 Å². The molecule has 8 heteroatoms. The zero-order chi connectivity index (χ0) is 22.7. The molecule has 1 aliphatic rings. The van der Waals surface area contributed by atoms with Crippen molar-refractivity contribution < 1.29 is 28.9 Å². The van der Waals surface area contributed by atoms with E-state index in [1.807, 2.05) is 19.0 Å². The summed E-state index contributed by atoms with van der Waals surface area (Å²) in [6.07, 6.45) is 0.606. The lowest BCUT2D eigenvalue weighted by atomic mass is 9.95. The standard InChI is InChI=1S/C23H25FN2O5/c1-25(2)11-4-12-26-20(15-7-10-18(31-3)17(27)13-15)19(22(29)23(26)30)21(28)14-5-8-16(24)9-6-14/h5-10,13,20,27-28H,4,11-12H2,1-3H3/b21-19-. The van der Waals surface area contributed by atoms with Crippen LogP contribution in [0.3, 0.4) is 0 Å². The van der Waals surface area contributed by atoms with Crippen LogP contribution in [0.15, 0.2) is 48.0 Å². The number of hydrogen-bond donors (Lipinski definition) is 2. The first-order chi connectivity index (χ1) is 14.7. The van der Waals surface area contributed by atoms with E-state index in [9.17, 15) is 24.2 Å². The van der Waals surface area contributed by atoms with Gasteiger partial charge >= 0.3 is 0 Å². The third-order valence-electron chi connectivity index (χ3n) is 5.18. The summed E-state index contributed by atoms with van der Waals surface area (Å²) in [6.45, 7) is 0.974. The minimum absolute atomic E-state index is 0.106. The topological polar surface area (TPSA) is 90.3 Å². The summed E-state index contributed by atoms with van der Waals surface area (Å²) >= 11 is 0. The van der Waals surface area contributed by atoms with Crippen LogP contribution in [0.5, 0.6) is 11.5 Å². The Bertz CT molecular complexity index is 1020. The summed E-state index contributed by atoms with van der Waals surface area (Å²) in [7, 11) is 5.22. The van der Waals surface area contributed by atoms with Gasteiger partial charge in [0.25, 0.3) is 11.7 Å². The molecule has 0 spiro atoms. The number of phenols is 1. The van der Waals surface area contributed by atoms with Crippen molar-refractivity contribution in [2.24, 2.45) is 0 Å². The molecule has 0 bridgehead atoms. The number of aliphatic hydroxyl groups excluding tert-OH is 1. The number of halogens is 1. The fraction of sp³-hybridized carbons (Fsp3) is 0.304. The van der Waals surface area contributed by atoms with E-state index in [0.29, 0.717) is 18.5 Å². The van der Waals surface area contributed by atoms with E-state index >= 15 is 0 Å². The quantitative estimate of drug-likeness (QED) is 0.400. The second-order valence-corrected chi connectivity index (χ2v) is 7.59. The molecule has 0 radical (unpaired) electrons. The van der Waals surface area contributed by atoms with Crippen molar-refractivity contribution in [3.8, 4) is 11.5 Å². The van der Waals surface area contributed by atoms with E-state index in [1.54, 1.807) is 6.07 Å². The summed E-state index contributed by atoms with van der Waals surface area (Å²) in [4.78, 5) is 29.1. The summed E-state index contributed by atoms with van der Waals surface area (Å²) in [5.74, 6) is -2.35. The van der Waals surface area contributed by atoms with Crippen LogP contribution in [0, 0.1) is 5.82 Å². The lowest BCUT2D eigenvalue weighted by molar-refractivity contribution is -0.139. The number of methoxy groups -OCH3 is 1. The maximum Gasteiger partial charge on any atom is 0.295 e. The molecule has 1 atom stereocenters. The van der Waals surface area contributed by atoms with Gasteiger partial charge in [0.15, 0.2) is 11.5 Å². The fourth-order valence-corrected chi connectivity index (χ4v) is 3.65. The van der Waals surface area contributed by atoms with Crippen LogP contribution in [0.25, 0.3) is 5.76 Å². The van der Waals surface area contributed by atoms with Crippen LogP contribution < -0.4 is 4.74 Å². The molecule has 164 valence electrons. The van der Waals surface area contributed by atoms with Crippen LogP contribution >= 0.6 is 0 Å². The molecule has 2 aromatic carbocycles. The van der Waals surface area contributed by atoms with Crippen molar-refractivity contribution in [2.75, 3.05) is 34.3 Å². The van der Waals surface area contributed by atoms with E-state index in [2.05, 4.69) is 0 Å². The highest BCUT2D eigenvalue weighted by atomic mass is 19.1. The number of nitrogens with zero attached hydrogens (tertiary/aromatic N) is 2. The molecule has 1 heterocycles. The number of rotatable bonds is 7. The molecule has 0 aromatic heterocycles. The van der Waals surface area contributed by atoms with Crippen molar-refractivity contribution in [1.82, 2.24) is 9.80 Å². The number of carbonyl (C=O) groups excluding carboxylic acids is 2. The number of carbonyl (C=O) groups is 2. The third-order valence-corrected chi connectivity index (χ3v) is 5.18. The van der Waals surface area contributed by atoms with Crippen LogP contribution in [0.1, 0.15) is 23.6 Å². The van der Waals surface area contributed by atoms with E-state index < -0.39 is 29.3 Å². The molecule has 3 rings (SSSR count). The highest BCUT2D eigenvalue weighted by molar-refractivity contribution is 6.46. The average molecular weight is 428 g/mol. The summed E-state index contributed by atoms with van der Waals surface area (Å²) in [5.41, 5.74) is 0.562. The Morgan fingerprint density at radius 3 is 2.42 bits per heavy atom. The molecule has 1 fully saturated rings. The number of phenolic OH excluding ortho intramolecular Hbond substituents is 1. The Morgan fingerprint density at radius 2 is 1.84 bits per heavy atom. The molecule has 2 N–H and O–H groups in total. The van der Waals surface area contributed by atoms with Crippen molar-refractivity contribution in [1.29, 1.82) is 0 Å². The molecule has 0 saturated carbocycles. The number of ketones is 1. The number of benzene rings is 2. The Labute approximate surface area is 180 Å². The second-order valence-electron chi connectivity index (χ2n) is 7.59. The van der Waals surface area contributed by atoms with Crippen LogP contribution in [-0.2, 0) is 9.59 Å². The number of aromatic hydroxyl groups is 1. The monoisotopic (exact) mass is 428 g/mol. The minimum Gasteiger partial charge on any atom is -0.507 e. The summed E-state index contributed by atoms with van der Waals surface area (Å²) < 4.78 is 18.4. The largest absolute Gasteiger partial charge is 0.507 e. The van der Waals surface area contributed by atoms with Gasteiger partial charge < -0.3 is 24.7 Å². The number of Topliss-reactive ketones (excluding diaryl/α,β-unsaturated/α-hetero) is 1. The van der Waals surface area contributed by atoms with Gasteiger partial charge in [0, 0.05) is 12.1 Å². The Kier molecular flexibility index (Phi) is 6.60. The normalized spacial score (nSPS) is 18.1. The summed E-state index contributed by atoms with van der Waals surface area (Å²) in [5, 5.41) is 21.1. The van der Waals surface area contributed by atoms with Crippen molar-refractivity contribution in [3.63, 3.8) is 0 Å². The Morgan fingerprint density at radius 1 is 1.16 bits per heavy atom. The summed E-state index contributed by atoms with van der Waals surface area (Å²) in [6, 6.07) is 8.68. The Balaban J connectivity index is 2.11. The highest BCUT2D eigenvalue weighted by Gasteiger charge is 2.46. The number of ether oxygens (including phenoxy) is 1. The number of hydrogen-bond acceptors (Lipinski definition) is 6. The van der Waals surface area contributed by atoms with E-state index in [-0.39, 0.29) is 29.2 Å². The minimum atomic E-state index is -0.899. The number of likely N-dealkylation sites (tertiary alicyclic amines) is 1. The fourth-order valence-electron chi connectivity index (χ4n) is 3.65. The lowest BCUT2D eigenvalue weighted by Gasteiger charge is -2.26. The Hall–Kier alpha value is -3.39. The zero-order valence-electron chi connectivity index (χ0n) is 17.6. The number of amides is 1. The molecule has 1 unspecified atom stereocenters. The molecule has 0 aliphatic carbocycles. The van der Waals surface area contributed by atoms with Gasteiger partial charge in [-0.1, -0.05) is 6.07 Å².